The molecule has 6 rings (SSSR count). The van der Waals surface area contributed by atoms with Gasteiger partial charge in [-0.1, -0.05) is 116 Å². The summed E-state index contributed by atoms with van der Waals surface area (Å²) < 4.78 is 0. The summed E-state index contributed by atoms with van der Waals surface area (Å²) in [5.74, 6) is 0. The van der Waals surface area contributed by atoms with E-state index in [0.29, 0.717) is 0 Å². The predicted octanol–water partition coefficient (Wildman–Crippen LogP) is 9.71. The molecule has 0 saturated heterocycles. The number of nitrogens with zero attached hydrogens (tertiary/aromatic N) is 1. The van der Waals surface area contributed by atoms with Crippen molar-refractivity contribution in [1.29, 1.82) is 0 Å². The molecule has 0 N–H and O–H groups in total. The fraction of sp³-hybridized carbons (Fsp3) is 0.118. The highest BCUT2D eigenvalue weighted by molar-refractivity contribution is 6.33. The second kappa shape index (κ2) is 9.00. The van der Waals surface area contributed by atoms with Crippen molar-refractivity contribution in [2.24, 2.45) is 0 Å². The summed E-state index contributed by atoms with van der Waals surface area (Å²) in [5.41, 5.74) is 11.0. The van der Waals surface area contributed by atoms with E-state index in [1.54, 1.807) is 0 Å². The van der Waals surface area contributed by atoms with Gasteiger partial charge < -0.3 is 4.90 Å². The Morgan fingerprint density at radius 2 is 1.42 bits per heavy atom. The predicted molar refractivity (Wildman–Crippen MR) is 154 cm³/mol. The molecule has 0 amide bonds. The summed E-state index contributed by atoms with van der Waals surface area (Å²) in [6, 6.07) is 34.3. The first-order valence-corrected chi connectivity index (χ1v) is 12.8. The zero-order chi connectivity index (χ0) is 24.7. The summed E-state index contributed by atoms with van der Waals surface area (Å²) in [7, 11) is 0. The molecule has 1 nitrogen and oxygen atoms in total. The van der Waals surface area contributed by atoms with E-state index >= 15 is 0 Å². The quantitative estimate of drug-likeness (QED) is 0.278. The number of allylic oxidation sites excluding steroid dienone is 5. The number of benzene rings is 4. The van der Waals surface area contributed by atoms with E-state index in [4.69, 9.17) is 11.6 Å². The van der Waals surface area contributed by atoms with Gasteiger partial charge in [0.2, 0.25) is 0 Å². The molecule has 36 heavy (non-hydrogen) atoms. The van der Waals surface area contributed by atoms with Gasteiger partial charge >= 0.3 is 0 Å². The monoisotopic (exact) mass is 485 g/mol. The molecular formula is C34H28ClN. The van der Waals surface area contributed by atoms with Gasteiger partial charge in [0.1, 0.15) is 0 Å². The SMILES string of the molecule is CC1(C)c2ccccc2-c2ccc(N(C3=CCC=C(c4ccccc4)C=C3)c3ccccc3Cl)cc21. The number of para-hydroxylation sites is 1. The molecule has 4 aromatic rings. The average molecular weight is 486 g/mol. The van der Waals surface area contributed by atoms with Gasteiger partial charge in [0.05, 0.1) is 10.7 Å². The first-order chi connectivity index (χ1) is 17.5. The van der Waals surface area contributed by atoms with Crippen molar-refractivity contribution in [2.45, 2.75) is 25.7 Å². The fourth-order valence-electron chi connectivity index (χ4n) is 5.52. The van der Waals surface area contributed by atoms with Crippen molar-refractivity contribution >= 4 is 28.5 Å². The number of halogens is 1. The van der Waals surface area contributed by atoms with E-state index in [0.717, 1.165) is 28.5 Å². The molecule has 0 saturated carbocycles. The maximum absolute atomic E-state index is 6.79. The second-order valence-corrected chi connectivity index (χ2v) is 10.3. The topological polar surface area (TPSA) is 3.24 Å². The molecular weight excluding hydrogens is 458 g/mol. The molecule has 0 aliphatic heterocycles. The van der Waals surface area contributed by atoms with Crippen LogP contribution in [0.3, 0.4) is 0 Å². The molecule has 0 heterocycles. The molecule has 0 radical (unpaired) electrons. The third-order valence-electron chi connectivity index (χ3n) is 7.38. The molecule has 0 aromatic heterocycles. The van der Waals surface area contributed by atoms with Gasteiger partial charge in [0, 0.05) is 16.8 Å². The molecule has 4 aromatic carbocycles. The standard InChI is InChI=1S/C34H28ClN/c1-34(2)30-16-7-6-15-28(30)29-22-21-27(23-31(29)34)36(33-18-9-8-17-32(33)35)26-14-10-13-25(19-20-26)24-11-4-3-5-12-24/h3-9,11-23H,10H2,1-2H3. The molecule has 0 atom stereocenters. The first kappa shape index (κ1) is 22.6. The molecule has 2 aliphatic carbocycles. The maximum atomic E-state index is 6.79. The van der Waals surface area contributed by atoms with Crippen LogP contribution < -0.4 is 4.90 Å². The molecule has 2 aliphatic rings. The van der Waals surface area contributed by atoms with Crippen molar-refractivity contribution in [3.63, 3.8) is 0 Å². The van der Waals surface area contributed by atoms with Crippen LogP contribution in [0.4, 0.5) is 11.4 Å². The number of hydrogen-bond donors (Lipinski definition) is 0. The van der Waals surface area contributed by atoms with E-state index < -0.39 is 0 Å². The molecule has 0 unspecified atom stereocenters. The van der Waals surface area contributed by atoms with Gasteiger partial charge in [-0.15, -0.1) is 0 Å². The Labute approximate surface area is 218 Å². The maximum Gasteiger partial charge on any atom is 0.0647 e. The van der Waals surface area contributed by atoms with Gasteiger partial charge in [-0.05, 0) is 70.2 Å². The number of rotatable bonds is 4. The Bertz CT molecular complexity index is 1540. The average Bonchev–Trinajstić information content (AvgIpc) is 3.04. The summed E-state index contributed by atoms with van der Waals surface area (Å²) in [4.78, 5) is 2.29. The Morgan fingerprint density at radius 1 is 0.694 bits per heavy atom. The van der Waals surface area contributed by atoms with E-state index in [1.165, 1.54) is 33.4 Å². The number of anilines is 2. The minimum atomic E-state index is -0.0657. The smallest absolute Gasteiger partial charge is 0.0647 e. The lowest BCUT2D eigenvalue weighted by molar-refractivity contribution is 0.660. The second-order valence-electron chi connectivity index (χ2n) is 9.91. The fourth-order valence-corrected chi connectivity index (χ4v) is 5.74. The highest BCUT2D eigenvalue weighted by Gasteiger charge is 2.35. The van der Waals surface area contributed by atoms with Gasteiger partial charge in [-0.2, -0.15) is 0 Å². The van der Waals surface area contributed by atoms with Crippen molar-refractivity contribution in [3.05, 3.63) is 149 Å². The number of hydrogen-bond acceptors (Lipinski definition) is 1. The Balaban J connectivity index is 1.46. The largest absolute Gasteiger partial charge is 0.309 e. The van der Waals surface area contributed by atoms with Gasteiger partial charge in [-0.25, -0.2) is 0 Å². The van der Waals surface area contributed by atoms with Crippen LogP contribution in [0.5, 0.6) is 0 Å². The van der Waals surface area contributed by atoms with E-state index in [9.17, 15) is 0 Å². The lowest BCUT2D eigenvalue weighted by atomic mass is 9.82. The van der Waals surface area contributed by atoms with Crippen molar-refractivity contribution in [1.82, 2.24) is 0 Å². The minimum absolute atomic E-state index is 0.0657. The first-order valence-electron chi connectivity index (χ1n) is 12.5. The molecule has 0 spiro atoms. The Hall–Kier alpha value is -3.81. The van der Waals surface area contributed by atoms with Crippen LogP contribution in [0.15, 0.2) is 127 Å². The molecule has 0 fully saturated rings. The van der Waals surface area contributed by atoms with Gasteiger partial charge in [0.25, 0.3) is 0 Å². The summed E-state index contributed by atoms with van der Waals surface area (Å²) in [6.07, 6.45) is 9.83. The van der Waals surface area contributed by atoms with E-state index in [2.05, 4.69) is 128 Å². The van der Waals surface area contributed by atoms with E-state index in [-0.39, 0.29) is 5.41 Å². The lowest BCUT2D eigenvalue weighted by Gasteiger charge is -2.29. The summed E-state index contributed by atoms with van der Waals surface area (Å²) >= 11 is 6.79. The third-order valence-corrected chi connectivity index (χ3v) is 7.70. The van der Waals surface area contributed by atoms with Crippen LogP contribution in [0, 0.1) is 0 Å². The number of fused-ring (bicyclic) bond motifs is 3. The Morgan fingerprint density at radius 3 is 2.25 bits per heavy atom. The van der Waals surface area contributed by atoms with Crippen LogP contribution >= 0.6 is 11.6 Å². The summed E-state index contributed by atoms with van der Waals surface area (Å²) in [5, 5.41) is 0.732. The molecule has 2 heteroatoms. The van der Waals surface area contributed by atoms with Crippen LogP contribution in [-0.2, 0) is 5.41 Å². The van der Waals surface area contributed by atoms with E-state index in [1.807, 2.05) is 12.1 Å². The third kappa shape index (κ3) is 3.81. The zero-order valence-electron chi connectivity index (χ0n) is 20.6. The van der Waals surface area contributed by atoms with Crippen LogP contribution in [0.25, 0.3) is 16.7 Å². The van der Waals surface area contributed by atoms with Gasteiger partial charge in [-0.3, -0.25) is 0 Å². The highest BCUT2D eigenvalue weighted by atomic mass is 35.5. The Kier molecular flexibility index (Phi) is 5.66. The molecule has 0 bridgehead atoms. The van der Waals surface area contributed by atoms with Crippen LogP contribution in [-0.4, -0.2) is 0 Å². The lowest BCUT2D eigenvalue weighted by Crippen LogP contribution is -2.18. The van der Waals surface area contributed by atoms with Crippen LogP contribution in [0.2, 0.25) is 5.02 Å². The zero-order valence-corrected chi connectivity index (χ0v) is 21.3. The molecule has 176 valence electrons. The normalized spacial score (nSPS) is 15.4. The summed E-state index contributed by atoms with van der Waals surface area (Å²) in [6.45, 7) is 4.64. The highest BCUT2D eigenvalue weighted by Crippen LogP contribution is 2.50. The van der Waals surface area contributed by atoms with Crippen LogP contribution in [0.1, 0.15) is 37.0 Å². The van der Waals surface area contributed by atoms with Gasteiger partial charge in [0.15, 0.2) is 0 Å². The van der Waals surface area contributed by atoms with Crippen molar-refractivity contribution in [3.8, 4) is 11.1 Å². The van der Waals surface area contributed by atoms with Crippen molar-refractivity contribution < 1.29 is 0 Å². The van der Waals surface area contributed by atoms with Crippen molar-refractivity contribution in [2.75, 3.05) is 4.90 Å². The minimum Gasteiger partial charge on any atom is -0.309 e.